The highest BCUT2D eigenvalue weighted by atomic mass is 16.6. The van der Waals surface area contributed by atoms with Gasteiger partial charge in [-0.05, 0) is 46.5 Å². The van der Waals surface area contributed by atoms with Crippen LogP contribution in [0.3, 0.4) is 0 Å². The van der Waals surface area contributed by atoms with Crippen LogP contribution in [0.1, 0.15) is 66.2 Å². The number of hydrogen-bond donors (Lipinski definition) is 4. The van der Waals surface area contributed by atoms with Gasteiger partial charge >= 0.3 is 6.09 Å². The van der Waals surface area contributed by atoms with Gasteiger partial charge in [0.2, 0.25) is 23.6 Å². The molecule has 1 fully saturated rings. The summed E-state index contributed by atoms with van der Waals surface area (Å²) in [7, 11) is 0. The van der Waals surface area contributed by atoms with E-state index in [0.717, 1.165) is 0 Å². The summed E-state index contributed by atoms with van der Waals surface area (Å²) in [5.41, 5.74) is 9.79. The van der Waals surface area contributed by atoms with Gasteiger partial charge in [-0.25, -0.2) is 4.79 Å². The zero-order valence-electron chi connectivity index (χ0n) is 18.7. The molecular formula is C20H35N5O6. The standard InChI is InChI=1S/C20H35N5O6/c1-5-7-13(18(29)25-11-6-8-14(25)16(22)27)23-17(28)12(9-10-15(21)26)24-19(30)31-20(2,3)4/h12-14H,5-11H2,1-4H3,(H2,21,26)(H2,22,27)(H,23,28)(H,24,30)/t12-,13-,14-/m0/s1. The summed E-state index contributed by atoms with van der Waals surface area (Å²) >= 11 is 0. The van der Waals surface area contributed by atoms with Crippen LogP contribution in [-0.2, 0) is 23.9 Å². The molecular weight excluding hydrogens is 406 g/mol. The third kappa shape index (κ3) is 8.81. The number of nitrogens with zero attached hydrogens (tertiary/aromatic N) is 1. The van der Waals surface area contributed by atoms with Crippen molar-refractivity contribution in [1.82, 2.24) is 15.5 Å². The number of likely N-dealkylation sites (tertiary alicyclic amines) is 1. The Bertz CT molecular complexity index is 690. The minimum atomic E-state index is -1.12. The van der Waals surface area contributed by atoms with E-state index >= 15 is 0 Å². The molecule has 0 bridgehead atoms. The molecule has 0 spiro atoms. The van der Waals surface area contributed by atoms with E-state index in [-0.39, 0.29) is 12.8 Å². The van der Waals surface area contributed by atoms with E-state index in [9.17, 15) is 24.0 Å². The molecule has 1 saturated heterocycles. The van der Waals surface area contributed by atoms with E-state index in [0.29, 0.717) is 32.2 Å². The summed E-state index contributed by atoms with van der Waals surface area (Å²) in [4.78, 5) is 62.2. The fourth-order valence-corrected chi connectivity index (χ4v) is 3.35. The quantitative estimate of drug-likeness (QED) is 0.368. The molecule has 0 aromatic rings. The maximum atomic E-state index is 13.0. The molecule has 0 unspecified atom stereocenters. The zero-order valence-corrected chi connectivity index (χ0v) is 18.7. The first-order valence-corrected chi connectivity index (χ1v) is 10.5. The predicted octanol–water partition coefficient (Wildman–Crippen LogP) is -0.0936. The fraction of sp³-hybridized carbons (Fsp3) is 0.750. The number of nitrogens with one attached hydrogen (secondary N) is 2. The highest BCUT2D eigenvalue weighted by molar-refractivity contribution is 5.94. The molecule has 11 heteroatoms. The number of amides is 5. The molecule has 176 valence electrons. The fourth-order valence-electron chi connectivity index (χ4n) is 3.35. The molecule has 1 heterocycles. The SMILES string of the molecule is CCC[C@H](NC(=O)[C@H](CCC(N)=O)NC(=O)OC(C)(C)C)C(=O)N1CCC[C@H]1C(N)=O. The molecule has 0 aromatic heterocycles. The van der Waals surface area contributed by atoms with Crippen molar-refractivity contribution in [2.45, 2.75) is 89.9 Å². The minimum Gasteiger partial charge on any atom is -0.444 e. The Morgan fingerprint density at radius 3 is 2.23 bits per heavy atom. The van der Waals surface area contributed by atoms with Crippen molar-refractivity contribution in [2.75, 3.05) is 6.54 Å². The summed E-state index contributed by atoms with van der Waals surface area (Å²) in [6.45, 7) is 7.25. The number of ether oxygens (including phenoxy) is 1. The Morgan fingerprint density at radius 1 is 1.06 bits per heavy atom. The lowest BCUT2D eigenvalue weighted by atomic mass is 10.1. The Labute approximate surface area is 182 Å². The molecule has 1 aliphatic heterocycles. The number of nitrogens with two attached hydrogens (primary N) is 2. The van der Waals surface area contributed by atoms with Crippen LogP contribution in [0.25, 0.3) is 0 Å². The lowest BCUT2D eigenvalue weighted by Crippen LogP contribution is -2.56. The number of carbonyl (C=O) groups is 5. The second kappa shape index (κ2) is 11.5. The molecule has 1 aliphatic rings. The predicted molar refractivity (Wildman–Crippen MR) is 112 cm³/mol. The van der Waals surface area contributed by atoms with Crippen LogP contribution in [0.15, 0.2) is 0 Å². The van der Waals surface area contributed by atoms with Gasteiger partial charge in [0.1, 0.15) is 23.7 Å². The number of hydrogen-bond acceptors (Lipinski definition) is 6. The maximum Gasteiger partial charge on any atom is 0.408 e. The average molecular weight is 442 g/mol. The van der Waals surface area contributed by atoms with Crippen LogP contribution in [-0.4, -0.2) is 64.9 Å². The van der Waals surface area contributed by atoms with Crippen LogP contribution in [0, 0.1) is 0 Å². The zero-order chi connectivity index (χ0) is 23.8. The molecule has 1 rings (SSSR count). The molecule has 5 amide bonds. The van der Waals surface area contributed by atoms with Gasteiger partial charge in [0.05, 0.1) is 0 Å². The summed E-state index contributed by atoms with van der Waals surface area (Å²) < 4.78 is 5.17. The van der Waals surface area contributed by atoms with E-state index < -0.39 is 53.4 Å². The Balaban J connectivity index is 2.93. The molecule has 0 aromatic carbocycles. The van der Waals surface area contributed by atoms with Gasteiger partial charge in [0.25, 0.3) is 0 Å². The van der Waals surface area contributed by atoms with Crippen LogP contribution in [0.5, 0.6) is 0 Å². The number of alkyl carbamates (subject to hydrolysis) is 1. The van der Waals surface area contributed by atoms with Crippen molar-refractivity contribution < 1.29 is 28.7 Å². The van der Waals surface area contributed by atoms with Gasteiger partial charge in [0, 0.05) is 13.0 Å². The maximum absolute atomic E-state index is 13.0. The second-order valence-electron chi connectivity index (χ2n) is 8.65. The van der Waals surface area contributed by atoms with Gasteiger partial charge in [0.15, 0.2) is 0 Å². The molecule has 0 saturated carbocycles. The lowest BCUT2D eigenvalue weighted by molar-refractivity contribution is -0.141. The van der Waals surface area contributed by atoms with E-state index in [1.54, 1.807) is 20.8 Å². The second-order valence-corrected chi connectivity index (χ2v) is 8.65. The summed E-state index contributed by atoms with van der Waals surface area (Å²) in [6, 6.07) is -2.72. The first-order chi connectivity index (χ1) is 14.4. The molecule has 3 atom stereocenters. The monoisotopic (exact) mass is 441 g/mol. The van der Waals surface area contributed by atoms with Gasteiger partial charge in [-0.2, -0.15) is 0 Å². The first-order valence-electron chi connectivity index (χ1n) is 10.5. The van der Waals surface area contributed by atoms with Crippen molar-refractivity contribution in [3.05, 3.63) is 0 Å². The lowest BCUT2D eigenvalue weighted by Gasteiger charge is -2.29. The Morgan fingerprint density at radius 2 is 1.71 bits per heavy atom. The Kier molecular flexibility index (Phi) is 9.73. The van der Waals surface area contributed by atoms with Crippen LogP contribution >= 0.6 is 0 Å². The number of carbonyl (C=O) groups excluding carboxylic acids is 5. The smallest absolute Gasteiger partial charge is 0.408 e. The summed E-state index contributed by atoms with van der Waals surface area (Å²) in [5, 5.41) is 5.07. The summed E-state index contributed by atoms with van der Waals surface area (Å²) in [6.07, 6.45) is 1.03. The van der Waals surface area contributed by atoms with Gasteiger partial charge < -0.3 is 31.7 Å². The van der Waals surface area contributed by atoms with Crippen molar-refractivity contribution in [2.24, 2.45) is 11.5 Å². The van der Waals surface area contributed by atoms with Crippen LogP contribution < -0.4 is 22.1 Å². The molecule has 0 aliphatic carbocycles. The van der Waals surface area contributed by atoms with E-state index in [1.807, 2.05) is 6.92 Å². The molecule has 31 heavy (non-hydrogen) atoms. The van der Waals surface area contributed by atoms with E-state index in [2.05, 4.69) is 10.6 Å². The Hall–Kier alpha value is -2.85. The molecule has 11 nitrogen and oxygen atoms in total. The third-order valence-corrected chi connectivity index (χ3v) is 4.74. The van der Waals surface area contributed by atoms with Crippen molar-refractivity contribution in [1.29, 1.82) is 0 Å². The van der Waals surface area contributed by atoms with Crippen molar-refractivity contribution in [3.8, 4) is 0 Å². The van der Waals surface area contributed by atoms with E-state index in [4.69, 9.17) is 16.2 Å². The van der Waals surface area contributed by atoms with Gasteiger partial charge in [-0.15, -0.1) is 0 Å². The molecule has 0 radical (unpaired) electrons. The third-order valence-electron chi connectivity index (χ3n) is 4.74. The van der Waals surface area contributed by atoms with Crippen molar-refractivity contribution >= 4 is 29.7 Å². The molecule has 6 N–H and O–H groups in total. The number of primary amides is 2. The summed E-state index contributed by atoms with van der Waals surface area (Å²) in [5.74, 6) is -2.26. The normalized spacial score (nSPS) is 18.1. The highest BCUT2D eigenvalue weighted by Gasteiger charge is 2.37. The van der Waals surface area contributed by atoms with Crippen molar-refractivity contribution in [3.63, 3.8) is 0 Å². The van der Waals surface area contributed by atoms with E-state index in [1.165, 1.54) is 4.90 Å². The van der Waals surface area contributed by atoms with Gasteiger partial charge in [-0.3, -0.25) is 19.2 Å². The van der Waals surface area contributed by atoms with Gasteiger partial charge in [-0.1, -0.05) is 13.3 Å². The topological polar surface area (TPSA) is 174 Å². The van der Waals surface area contributed by atoms with Crippen LogP contribution in [0.4, 0.5) is 4.79 Å². The highest BCUT2D eigenvalue weighted by Crippen LogP contribution is 2.19. The van der Waals surface area contributed by atoms with Crippen LogP contribution in [0.2, 0.25) is 0 Å². The average Bonchev–Trinajstić information content (AvgIpc) is 3.12. The first kappa shape index (κ1) is 26.2. The number of rotatable bonds is 10. The largest absolute Gasteiger partial charge is 0.444 e. The minimum absolute atomic E-state index is 0.0545.